The highest BCUT2D eigenvalue weighted by Crippen LogP contribution is 2.32. The van der Waals surface area contributed by atoms with Gasteiger partial charge in [-0.15, -0.1) is 11.3 Å². The number of carbonyl (C=O) groups excluding carboxylic acids is 1. The van der Waals surface area contributed by atoms with Gasteiger partial charge >= 0.3 is 0 Å². The summed E-state index contributed by atoms with van der Waals surface area (Å²) in [6, 6.07) is 21.0. The van der Waals surface area contributed by atoms with Crippen molar-refractivity contribution in [2.75, 3.05) is 5.32 Å². The number of anilines is 1. The van der Waals surface area contributed by atoms with Gasteiger partial charge in [-0.2, -0.15) is 0 Å². The summed E-state index contributed by atoms with van der Waals surface area (Å²) in [5.41, 5.74) is 4.24. The molecule has 1 aromatic heterocycles. The molecule has 3 nitrogen and oxygen atoms in total. The average Bonchev–Trinajstić information content (AvgIpc) is 3.08. The van der Waals surface area contributed by atoms with Gasteiger partial charge in [0, 0.05) is 11.3 Å². The molecule has 1 N–H and O–H groups in total. The minimum atomic E-state index is -0.216. The van der Waals surface area contributed by atoms with Crippen molar-refractivity contribution in [1.82, 2.24) is 4.98 Å². The van der Waals surface area contributed by atoms with Crippen molar-refractivity contribution in [3.05, 3.63) is 82.9 Å². The number of fused-ring (bicyclic) bond motifs is 1. The van der Waals surface area contributed by atoms with Crippen molar-refractivity contribution in [2.24, 2.45) is 0 Å². The van der Waals surface area contributed by atoms with E-state index in [2.05, 4.69) is 16.4 Å². The number of hydrogen-bond donors (Lipinski definition) is 1. The number of benzene rings is 3. The second kappa shape index (κ2) is 6.90. The van der Waals surface area contributed by atoms with Crippen molar-refractivity contribution in [3.8, 4) is 10.6 Å². The third-order valence-corrected chi connectivity index (χ3v) is 5.55. The number of rotatable bonds is 3. The largest absolute Gasteiger partial charge is 0.322 e. The Bertz CT molecular complexity index is 1090. The Labute approximate surface area is 160 Å². The van der Waals surface area contributed by atoms with E-state index in [1.54, 1.807) is 35.6 Å². The second-order valence-electron chi connectivity index (χ2n) is 5.95. The third kappa shape index (κ3) is 3.21. The van der Waals surface area contributed by atoms with Gasteiger partial charge in [-0.25, -0.2) is 4.98 Å². The molecule has 0 aliphatic heterocycles. The van der Waals surface area contributed by atoms with E-state index in [1.165, 1.54) is 0 Å². The van der Waals surface area contributed by atoms with Gasteiger partial charge in [-0.05, 0) is 55.0 Å². The van der Waals surface area contributed by atoms with Gasteiger partial charge in [0.25, 0.3) is 5.91 Å². The number of hydrogen-bond acceptors (Lipinski definition) is 3. The fraction of sp³-hybridized carbons (Fsp3) is 0.0476. The predicted molar refractivity (Wildman–Crippen MR) is 109 cm³/mol. The topological polar surface area (TPSA) is 42.0 Å². The first-order valence-corrected chi connectivity index (χ1v) is 9.34. The van der Waals surface area contributed by atoms with Crippen LogP contribution in [0.2, 0.25) is 5.02 Å². The van der Waals surface area contributed by atoms with Crippen LogP contribution >= 0.6 is 22.9 Å². The van der Waals surface area contributed by atoms with E-state index >= 15 is 0 Å². The first kappa shape index (κ1) is 16.8. The number of amides is 1. The van der Waals surface area contributed by atoms with Crippen molar-refractivity contribution < 1.29 is 4.79 Å². The molecule has 4 rings (SSSR count). The Kier molecular flexibility index (Phi) is 4.45. The number of nitrogens with zero attached hydrogens (tertiary/aromatic N) is 1. The lowest BCUT2D eigenvalue weighted by Gasteiger charge is -2.10. The van der Waals surface area contributed by atoms with E-state index in [9.17, 15) is 4.79 Å². The van der Waals surface area contributed by atoms with Gasteiger partial charge in [0.15, 0.2) is 0 Å². The molecule has 26 heavy (non-hydrogen) atoms. The minimum absolute atomic E-state index is 0.216. The van der Waals surface area contributed by atoms with Crippen LogP contribution in [0.5, 0.6) is 0 Å². The second-order valence-corrected chi connectivity index (χ2v) is 7.39. The molecule has 0 fully saturated rings. The Hall–Kier alpha value is -2.69. The number of aromatic nitrogens is 1. The van der Waals surface area contributed by atoms with E-state index in [0.29, 0.717) is 10.6 Å². The van der Waals surface area contributed by atoms with Crippen LogP contribution in [-0.4, -0.2) is 10.9 Å². The first-order chi connectivity index (χ1) is 12.6. The van der Waals surface area contributed by atoms with Gasteiger partial charge in [0.05, 0.1) is 20.8 Å². The summed E-state index contributed by atoms with van der Waals surface area (Å²) < 4.78 is 1.16. The highest BCUT2D eigenvalue weighted by atomic mass is 35.5. The minimum Gasteiger partial charge on any atom is -0.322 e. The van der Waals surface area contributed by atoms with Gasteiger partial charge in [0.1, 0.15) is 5.01 Å². The van der Waals surface area contributed by atoms with Gasteiger partial charge in [0.2, 0.25) is 0 Å². The Morgan fingerprint density at radius 1 is 1.04 bits per heavy atom. The molecule has 0 radical (unpaired) electrons. The molecule has 0 saturated heterocycles. The molecule has 1 heterocycles. The normalized spacial score (nSPS) is 10.8. The summed E-state index contributed by atoms with van der Waals surface area (Å²) in [5.74, 6) is -0.216. The molecule has 0 aliphatic rings. The molecule has 1 amide bonds. The molecule has 0 bridgehead atoms. The monoisotopic (exact) mass is 378 g/mol. The number of aryl methyl sites for hydroxylation is 1. The maximum atomic E-state index is 12.5. The summed E-state index contributed by atoms with van der Waals surface area (Å²) in [7, 11) is 0. The summed E-state index contributed by atoms with van der Waals surface area (Å²) in [6.07, 6.45) is 0. The summed E-state index contributed by atoms with van der Waals surface area (Å²) >= 11 is 7.76. The van der Waals surface area contributed by atoms with E-state index in [0.717, 1.165) is 32.0 Å². The van der Waals surface area contributed by atoms with Crippen LogP contribution in [0, 0.1) is 6.92 Å². The Morgan fingerprint density at radius 3 is 2.58 bits per heavy atom. The number of thiazole rings is 1. The zero-order valence-corrected chi connectivity index (χ0v) is 15.6. The van der Waals surface area contributed by atoms with E-state index in [1.807, 2.05) is 43.3 Å². The summed E-state index contributed by atoms with van der Waals surface area (Å²) in [5, 5.41) is 4.34. The van der Waals surface area contributed by atoms with Crippen LogP contribution in [0.1, 0.15) is 15.9 Å². The standard InChI is InChI=1S/C21H15ClN2OS/c1-13-12-14(21-24-18-8-4-5-9-19(18)26-21)10-11-17(13)23-20(25)15-6-2-3-7-16(15)22/h2-12H,1H3,(H,23,25). The van der Waals surface area contributed by atoms with Crippen molar-refractivity contribution in [1.29, 1.82) is 0 Å². The van der Waals surface area contributed by atoms with Crippen molar-refractivity contribution >= 4 is 44.7 Å². The van der Waals surface area contributed by atoms with Crippen LogP contribution < -0.4 is 5.32 Å². The van der Waals surface area contributed by atoms with Crippen molar-refractivity contribution in [2.45, 2.75) is 6.92 Å². The molecule has 0 spiro atoms. The van der Waals surface area contributed by atoms with Crippen LogP contribution in [0.4, 0.5) is 5.69 Å². The molecular formula is C21H15ClN2OS. The highest BCUT2D eigenvalue weighted by Gasteiger charge is 2.12. The zero-order valence-electron chi connectivity index (χ0n) is 14.0. The predicted octanol–water partition coefficient (Wildman–Crippen LogP) is 6.18. The SMILES string of the molecule is Cc1cc(-c2nc3ccccc3s2)ccc1NC(=O)c1ccccc1Cl. The van der Waals surface area contributed by atoms with Crippen LogP contribution in [0.3, 0.4) is 0 Å². The highest BCUT2D eigenvalue weighted by molar-refractivity contribution is 7.21. The molecule has 3 aromatic carbocycles. The van der Waals surface area contributed by atoms with E-state index in [-0.39, 0.29) is 5.91 Å². The summed E-state index contributed by atoms with van der Waals surface area (Å²) in [4.78, 5) is 17.1. The molecule has 0 atom stereocenters. The maximum Gasteiger partial charge on any atom is 0.257 e. The Morgan fingerprint density at radius 2 is 1.81 bits per heavy atom. The fourth-order valence-corrected chi connectivity index (χ4v) is 3.95. The quantitative estimate of drug-likeness (QED) is 0.462. The Balaban J connectivity index is 1.62. The van der Waals surface area contributed by atoms with Gasteiger partial charge in [-0.1, -0.05) is 35.9 Å². The number of carbonyl (C=O) groups is 1. The molecule has 0 unspecified atom stereocenters. The number of halogens is 1. The molecule has 0 saturated carbocycles. The lowest BCUT2D eigenvalue weighted by molar-refractivity contribution is 0.102. The lowest BCUT2D eigenvalue weighted by atomic mass is 10.1. The molecule has 128 valence electrons. The molecule has 0 aliphatic carbocycles. The fourth-order valence-electron chi connectivity index (χ4n) is 2.77. The smallest absolute Gasteiger partial charge is 0.257 e. The van der Waals surface area contributed by atoms with Gasteiger partial charge < -0.3 is 5.32 Å². The van der Waals surface area contributed by atoms with Crippen LogP contribution in [-0.2, 0) is 0 Å². The van der Waals surface area contributed by atoms with E-state index in [4.69, 9.17) is 11.6 Å². The average molecular weight is 379 g/mol. The molecule has 5 heteroatoms. The zero-order chi connectivity index (χ0) is 18.1. The van der Waals surface area contributed by atoms with E-state index < -0.39 is 0 Å². The lowest BCUT2D eigenvalue weighted by Crippen LogP contribution is -2.13. The maximum absolute atomic E-state index is 12.5. The van der Waals surface area contributed by atoms with Crippen LogP contribution in [0.25, 0.3) is 20.8 Å². The first-order valence-electron chi connectivity index (χ1n) is 8.14. The number of para-hydroxylation sites is 1. The van der Waals surface area contributed by atoms with Crippen molar-refractivity contribution in [3.63, 3.8) is 0 Å². The van der Waals surface area contributed by atoms with Gasteiger partial charge in [-0.3, -0.25) is 4.79 Å². The third-order valence-electron chi connectivity index (χ3n) is 4.13. The van der Waals surface area contributed by atoms with Crippen LogP contribution in [0.15, 0.2) is 66.7 Å². The summed E-state index contributed by atoms with van der Waals surface area (Å²) in [6.45, 7) is 1.97. The number of nitrogens with one attached hydrogen (secondary N) is 1. The molecule has 4 aromatic rings. The molecular weight excluding hydrogens is 364 g/mol.